The highest BCUT2D eigenvalue weighted by Gasteiger charge is 2.07. The summed E-state index contributed by atoms with van der Waals surface area (Å²) in [4.78, 5) is 2.23. The predicted molar refractivity (Wildman–Crippen MR) is 76.9 cm³/mol. The fourth-order valence-corrected chi connectivity index (χ4v) is 2.62. The van der Waals surface area contributed by atoms with E-state index in [9.17, 15) is 0 Å². The highest BCUT2D eigenvalue weighted by Crippen LogP contribution is 2.13. The van der Waals surface area contributed by atoms with E-state index in [-0.39, 0.29) is 5.84 Å². The summed E-state index contributed by atoms with van der Waals surface area (Å²) in [5.74, 6) is 0.134. The average molecular weight is 259 g/mol. The number of thiophene rings is 1. The molecule has 1 aromatic carbocycles. The summed E-state index contributed by atoms with van der Waals surface area (Å²) >= 11 is 1.72. The third-order valence-corrected chi connectivity index (χ3v) is 3.51. The molecule has 1 aromatic heterocycles. The molecule has 94 valence electrons. The van der Waals surface area contributed by atoms with Gasteiger partial charge in [0.15, 0.2) is 0 Å². The van der Waals surface area contributed by atoms with E-state index >= 15 is 0 Å². The van der Waals surface area contributed by atoms with Crippen molar-refractivity contribution in [3.63, 3.8) is 0 Å². The standard InChI is InChI=1S/C14H17N3S/c1-17(8-11-6-7-18-10-11)9-12-4-2-3-5-13(12)14(15)16/h2-7,10H,8-9H2,1H3,(H3,15,16). The molecule has 0 atom stereocenters. The summed E-state index contributed by atoms with van der Waals surface area (Å²) in [6.07, 6.45) is 0. The molecule has 0 aliphatic heterocycles. The highest BCUT2D eigenvalue weighted by atomic mass is 32.1. The Hall–Kier alpha value is -1.65. The van der Waals surface area contributed by atoms with Gasteiger partial charge in [0.25, 0.3) is 0 Å². The Labute approximate surface area is 111 Å². The molecule has 0 bridgehead atoms. The second-order valence-corrected chi connectivity index (χ2v) is 5.15. The van der Waals surface area contributed by atoms with E-state index in [1.54, 1.807) is 11.3 Å². The predicted octanol–water partition coefficient (Wildman–Crippen LogP) is 2.66. The van der Waals surface area contributed by atoms with Crippen molar-refractivity contribution >= 4 is 17.2 Å². The summed E-state index contributed by atoms with van der Waals surface area (Å²) in [7, 11) is 2.08. The van der Waals surface area contributed by atoms with Crippen molar-refractivity contribution in [2.45, 2.75) is 13.1 Å². The van der Waals surface area contributed by atoms with Gasteiger partial charge in [-0.05, 0) is 35.0 Å². The van der Waals surface area contributed by atoms with Gasteiger partial charge in [-0.1, -0.05) is 24.3 Å². The minimum atomic E-state index is 0.134. The van der Waals surface area contributed by atoms with Gasteiger partial charge in [-0.2, -0.15) is 11.3 Å². The Morgan fingerprint density at radius 2 is 2.06 bits per heavy atom. The molecule has 0 aliphatic carbocycles. The molecule has 0 spiro atoms. The first-order valence-corrected chi connectivity index (χ1v) is 6.73. The molecule has 4 heteroatoms. The Bertz CT molecular complexity index is 520. The summed E-state index contributed by atoms with van der Waals surface area (Å²) in [6, 6.07) is 9.97. The summed E-state index contributed by atoms with van der Waals surface area (Å²) in [6.45, 7) is 1.71. The van der Waals surface area contributed by atoms with Crippen LogP contribution in [0.25, 0.3) is 0 Å². The van der Waals surface area contributed by atoms with Crippen molar-refractivity contribution < 1.29 is 0 Å². The fraction of sp³-hybridized carbons (Fsp3) is 0.214. The number of nitrogens with one attached hydrogen (secondary N) is 1. The monoisotopic (exact) mass is 259 g/mol. The van der Waals surface area contributed by atoms with Crippen LogP contribution in [0.5, 0.6) is 0 Å². The molecule has 1 heterocycles. The Kier molecular flexibility index (Phi) is 4.12. The van der Waals surface area contributed by atoms with Crippen LogP contribution in [-0.4, -0.2) is 17.8 Å². The van der Waals surface area contributed by atoms with E-state index in [4.69, 9.17) is 11.1 Å². The second kappa shape index (κ2) is 5.80. The SMILES string of the molecule is CN(Cc1ccsc1)Cc1ccccc1C(=N)N. The average Bonchev–Trinajstić information content (AvgIpc) is 2.82. The number of hydrogen-bond donors (Lipinski definition) is 2. The third kappa shape index (κ3) is 3.18. The van der Waals surface area contributed by atoms with Gasteiger partial charge >= 0.3 is 0 Å². The van der Waals surface area contributed by atoms with E-state index in [2.05, 4.69) is 28.8 Å². The van der Waals surface area contributed by atoms with Gasteiger partial charge in [0, 0.05) is 18.7 Å². The minimum absolute atomic E-state index is 0.134. The van der Waals surface area contributed by atoms with E-state index in [1.165, 1.54) is 5.56 Å². The maximum absolute atomic E-state index is 7.58. The molecule has 18 heavy (non-hydrogen) atoms. The topological polar surface area (TPSA) is 53.1 Å². The van der Waals surface area contributed by atoms with Gasteiger partial charge in [0.05, 0.1) is 0 Å². The van der Waals surface area contributed by atoms with Crippen molar-refractivity contribution in [3.8, 4) is 0 Å². The van der Waals surface area contributed by atoms with Gasteiger partial charge in [-0.15, -0.1) is 0 Å². The Balaban J connectivity index is 2.07. The largest absolute Gasteiger partial charge is 0.384 e. The zero-order chi connectivity index (χ0) is 13.0. The van der Waals surface area contributed by atoms with Gasteiger partial charge < -0.3 is 5.73 Å². The fourth-order valence-electron chi connectivity index (χ4n) is 1.96. The van der Waals surface area contributed by atoms with Crippen molar-refractivity contribution in [2.75, 3.05) is 7.05 Å². The van der Waals surface area contributed by atoms with E-state index < -0.39 is 0 Å². The van der Waals surface area contributed by atoms with Crippen molar-refractivity contribution in [1.29, 1.82) is 5.41 Å². The van der Waals surface area contributed by atoms with Gasteiger partial charge in [-0.3, -0.25) is 10.3 Å². The maximum atomic E-state index is 7.58. The lowest BCUT2D eigenvalue weighted by atomic mass is 10.1. The van der Waals surface area contributed by atoms with Crippen LogP contribution in [0.4, 0.5) is 0 Å². The normalized spacial score (nSPS) is 10.8. The molecular weight excluding hydrogens is 242 g/mol. The van der Waals surface area contributed by atoms with E-state index in [0.717, 1.165) is 24.2 Å². The number of nitrogen functional groups attached to an aromatic ring is 1. The molecule has 0 aliphatic rings. The zero-order valence-corrected chi connectivity index (χ0v) is 11.2. The molecule has 2 rings (SSSR count). The molecule has 0 saturated carbocycles. The number of nitrogens with two attached hydrogens (primary N) is 1. The van der Waals surface area contributed by atoms with Crippen LogP contribution in [0.2, 0.25) is 0 Å². The van der Waals surface area contributed by atoms with Crippen LogP contribution < -0.4 is 5.73 Å². The highest BCUT2D eigenvalue weighted by molar-refractivity contribution is 7.07. The number of benzene rings is 1. The molecule has 3 nitrogen and oxygen atoms in total. The smallest absolute Gasteiger partial charge is 0.123 e. The molecule has 0 radical (unpaired) electrons. The minimum Gasteiger partial charge on any atom is -0.384 e. The van der Waals surface area contributed by atoms with Gasteiger partial charge in [0.2, 0.25) is 0 Å². The van der Waals surface area contributed by atoms with Crippen LogP contribution in [0.3, 0.4) is 0 Å². The Morgan fingerprint density at radius 3 is 2.72 bits per heavy atom. The zero-order valence-electron chi connectivity index (χ0n) is 10.4. The van der Waals surface area contributed by atoms with Gasteiger partial charge in [-0.25, -0.2) is 0 Å². The molecular formula is C14H17N3S. The third-order valence-electron chi connectivity index (χ3n) is 2.78. The lowest BCUT2D eigenvalue weighted by Gasteiger charge is -2.18. The second-order valence-electron chi connectivity index (χ2n) is 4.37. The molecule has 2 aromatic rings. The number of hydrogen-bond acceptors (Lipinski definition) is 3. The van der Waals surface area contributed by atoms with E-state index in [0.29, 0.717) is 0 Å². The molecule has 0 saturated heterocycles. The number of amidine groups is 1. The van der Waals surface area contributed by atoms with Crippen LogP contribution in [0.1, 0.15) is 16.7 Å². The Morgan fingerprint density at radius 1 is 1.28 bits per heavy atom. The van der Waals surface area contributed by atoms with Crippen LogP contribution in [0.15, 0.2) is 41.1 Å². The van der Waals surface area contributed by atoms with Crippen molar-refractivity contribution in [2.24, 2.45) is 5.73 Å². The first-order chi connectivity index (χ1) is 8.66. The number of rotatable bonds is 5. The summed E-state index contributed by atoms with van der Waals surface area (Å²) in [5.41, 5.74) is 8.84. The molecule has 3 N–H and O–H groups in total. The van der Waals surface area contributed by atoms with Gasteiger partial charge in [0.1, 0.15) is 5.84 Å². The molecule has 0 unspecified atom stereocenters. The quantitative estimate of drug-likeness (QED) is 0.640. The van der Waals surface area contributed by atoms with Crippen LogP contribution >= 0.6 is 11.3 Å². The lowest BCUT2D eigenvalue weighted by Crippen LogP contribution is -2.20. The molecule has 0 amide bonds. The number of nitrogens with zero attached hydrogens (tertiary/aromatic N) is 1. The van der Waals surface area contributed by atoms with Crippen molar-refractivity contribution in [1.82, 2.24) is 4.90 Å². The maximum Gasteiger partial charge on any atom is 0.123 e. The van der Waals surface area contributed by atoms with Crippen LogP contribution in [-0.2, 0) is 13.1 Å². The first-order valence-electron chi connectivity index (χ1n) is 5.78. The summed E-state index contributed by atoms with van der Waals surface area (Å²) in [5, 5.41) is 11.8. The first kappa shape index (κ1) is 12.8. The van der Waals surface area contributed by atoms with Crippen LogP contribution in [0, 0.1) is 5.41 Å². The lowest BCUT2D eigenvalue weighted by molar-refractivity contribution is 0.319. The van der Waals surface area contributed by atoms with Crippen molar-refractivity contribution in [3.05, 3.63) is 57.8 Å². The molecule has 0 fully saturated rings. The van der Waals surface area contributed by atoms with E-state index in [1.807, 2.05) is 24.3 Å². The summed E-state index contributed by atoms with van der Waals surface area (Å²) < 4.78 is 0.